The lowest BCUT2D eigenvalue weighted by molar-refractivity contribution is -0.384. The minimum absolute atomic E-state index is 0.0261. The molecule has 0 unspecified atom stereocenters. The number of rotatable bonds is 3. The van der Waals surface area contributed by atoms with Crippen molar-refractivity contribution in [2.24, 2.45) is 0 Å². The van der Waals surface area contributed by atoms with Gasteiger partial charge in [-0.05, 0) is 25.8 Å². The molecular formula is C15H21N5O3. The molecule has 124 valence electrons. The summed E-state index contributed by atoms with van der Waals surface area (Å²) in [5.41, 5.74) is 0.225. The molecule has 0 atom stereocenters. The van der Waals surface area contributed by atoms with Crippen LogP contribution in [0.3, 0.4) is 0 Å². The maximum absolute atomic E-state index is 11.2. The van der Waals surface area contributed by atoms with Crippen LogP contribution in [0.15, 0.2) is 24.7 Å². The van der Waals surface area contributed by atoms with E-state index in [1.165, 1.54) is 12.6 Å². The summed E-state index contributed by atoms with van der Waals surface area (Å²) in [4.78, 5) is 18.9. The van der Waals surface area contributed by atoms with E-state index < -0.39 is 4.92 Å². The standard InChI is InChI=1S/C13H15N5O2.C2H6O/c19-18(20)11-9-17(10-5-2-1-3-6-10)16-12(11)13-14-7-4-8-15-13;1-2-3/h4,7-10H,1-3,5-6H2;3H,2H2,1H3. The fourth-order valence-corrected chi connectivity index (χ4v) is 2.63. The van der Waals surface area contributed by atoms with Crippen LogP contribution in [-0.2, 0) is 0 Å². The molecule has 1 fully saturated rings. The summed E-state index contributed by atoms with van der Waals surface area (Å²) in [5.74, 6) is 0.300. The van der Waals surface area contributed by atoms with Gasteiger partial charge < -0.3 is 5.11 Å². The molecule has 2 aromatic rings. The number of aliphatic hydroxyl groups excluding tert-OH is 1. The topological polar surface area (TPSA) is 107 Å². The highest BCUT2D eigenvalue weighted by Crippen LogP contribution is 2.32. The van der Waals surface area contributed by atoms with E-state index >= 15 is 0 Å². The SMILES string of the molecule is CCO.O=[N+]([O-])c1cn(C2CCCCC2)nc1-c1ncccn1. The van der Waals surface area contributed by atoms with Crippen LogP contribution in [0.5, 0.6) is 0 Å². The maximum atomic E-state index is 11.2. The number of nitrogens with zero attached hydrogens (tertiary/aromatic N) is 5. The molecule has 8 heteroatoms. The zero-order chi connectivity index (χ0) is 16.7. The highest BCUT2D eigenvalue weighted by Gasteiger charge is 2.26. The zero-order valence-electron chi connectivity index (χ0n) is 13.1. The lowest BCUT2D eigenvalue weighted by Gasteiger charge is -2.21. The summed E-state index contributed by atoms with van der Waals surface area (Å²) < 4.78 is 1.73. The third-order valence-electron chi connectivity index (χ3n) is 3.64. The number of hydrogen-bond donors (Lipinski definition) is 1. The molecule has 1 N–H and O–H groups in total. The molecular weight excluding hydrogens is 298 g/mol. The first-order chi connectivity index (χ1) is 11.2. The van der Waals surface area contributed by atoms with E-state index in [4.69, 9.17) is 5.11 Å². The van der Waals surface area contributed by atoms with Gasteiger partial charge in [0.1, 0.15) is 6.20 Å². The van der Waals surface area contributed by atoms with E-state index in [1.54, 1.807) is 30.1 Å². The third kappa shape index (κ3) is 4.32. The molecule has 0 radical (unpaired) electrons. The van der Waals surface area contributed by atoms with Gasteiger partial charge in [0, 0.05) is 19.0 Å². The smallest absolute Gasteiger partial charge is 0.318 e. The molecule has 3 rings (SSSR count). The predicted octanol–water partition coefficient (Wildman–Crippen LogP) is 2.75. The van der Waals surface area contributed by atoms with Crippen molar-refractivity contribution >= 4 is 5.69 Å². The van der Waals surface area contributed by atoms with E-state index in [0.717, 1.165) is 25.7 Å². The Morgan fingerprint density at radius 2 is 1.91 bits per heavy atom. The van der Waals surface area contributed by atoms with Crippen molar-refractivity contribution in [3.8, 4) is 11.5 Å². The summed E-state index contributed by atoms with van der Waals surface area (Å²) in [7, 11) is 0. The Hall–Kier alpha value is -2.35. The Kier molecular flexibility index (Phi) is 6.16. The van der Waals surface area contributed by atoms with Crippen molar-refractivity contribution in [1.82, 2.24) is 19.7 Å². The van der Waals surface area contributed by atoms with Crippen LogP contribution in [0.2, 0.25) is 0 Å². The Bertz CT molecular complexity index is 623. The van der Waals surface area contributed by atoms with Gasteiger partial charge >= 0.3 is 5.69 Å². The maximum Gasteiger partial charge on any atom is 0.318 e. The van der Waals surface area contributed by atoms with Gasteiger partial charge in [-0.3, -0.25) is 14.8 Å². The number of aromatic nitrogens is 4. The van der Waals surface area contributed by atoms with E-state index in [9.17, 15) is 10.1 Å². The fourth-order valence-electron chi connectivity index (χ4n) is 2.63. The molecule has 2 aromatic heterocycles. The second-order valence-corrected chi connectivity index (χ2v) is 5.28. The van der Waals surface area contributed by atoms with Gasteiger partial charge in [-0.15, -0.1) is 0 Å². The van der Waals surface area contributed by atoms with Crippen molar-refractivity contribution < 1.29 is 10.0 Å². The van der Waals surface area contributed by atoms with Crippen LogP contribution in [0.4, 0.5) is 5.69 Å². The predicted molar refractivity (Wildman–Crippen MR) is 84.8 cm³/mol. The largest absolute Gasteiger partial charge is 0.397 e. The Morgan fingerprint density at radius 1 is 1.30 bits per heavy atom. The van der Waals surface area contributed by atoms with Crippen LogP contribution in [0, 0.1) is 10.1 Å². The average Bonchev–Trinajstić information content (AvgIpc) is 3.03. The number of nitro groups is 1. The summed E-state index contributed by atoms with van der Waals surface area (Å²) in [6, 6.07) is 1.92. The Morgan fingerprint density at radius 3 is 2.48 bits per heavy atom. The molecule has 0 aliphatic heterocycles. The van der Waals surface area contributed by atoms with Crippen molar-refractivity contribution in [2.75, 3.05) is 6.61 Å². The molecule has 0 saturated heterocycles. The van der Waals surface area contributed by atoms with Crippen LogP contribution in [0.25, 0.3) is 11.5 Å². The van der Waals surface area contributed by atoms with E-state index in [0.29, 0.717) is 5.82 Å². The van der Waals surface area contributed by atoms with E-state index in [-0.39, 0.29) is 24.0 Å². The molecule has 23 heavy (non-hydrogen) atoms. The molecule has 0 aromatic carbocycles. The molecule has 1 saturated carbocycles. The summed E-state index contributed by atoms with van der Waals surface area (Å²) >= 11 is 0. The molecule has 2 heterocycles. The van der Waals surface area contributed by atoms with Gasteiger partial charge in [0.15, 0.2) is 5.82 Å². The zero-order valence-corrected chi connectivity index (χ0v) is 13.1. The van der Waals surface area contributed by atoms with Gasteiger partial charge in [0.05, 0.1) is 11.0 Å². The lowest BCUT2D eigenvalue weighted by Crippen LogP contribution is -2.13. The monoisotopic (exact) mass is 319 g/mol. The Labute approximate surface area is 134 Å². The van der Waals surface area contributed by atoms with Crippen molar-refractivity contribution in [2.45, 2.75) is 45.1 Å². The second kappa shape index (κ2) is 8.33. The minimum Gasteiger partial charge on any atom is -0.397 e. The van der Waals surface area contributed by atoms with Gasteiger partial charge in [-0.2, -0.15) is 5.10 Å². The van der Waals surface area contributed by atoms with Crippen molar-refractivity contribution in [1.29, 1.82) is 0 Å². The molecule has 0 spiro atoms. The highest BCUT2D eigenvalue weighted by atomic mass is 16.6. The number of hydrogen-bond acceptors (Lipinski definition) is 6. The molecule has 1 aliphatic rings. The quantitative estimate of drug-likeness (QED) is 0.688. The summed E-state index contributed by atoms with van der Waals surface area (Å²) in [6.45, 7) is 1.93. The normalized spacial score (nSPS) is 14.9. The van der Waals surface area contributed by atoms with Crippen molar-refractivity contribution in [3.05, 3.63) is 34.8 Å². The van der Waals surface area contributed by atoms with Crippen molar-refractivity contribution in [3.63, 3.8) is 0 Å². The minimum atomic E-state index is -0.419. The van der Waals surface area contributed by atoms with Gasteiger partial charge in [0.2, 0.25) is 5.69 Å². The van der Waals surface area contributed by atoms with E-state index in [2.05, 4.69) is 15.1 Å². The average molecular weight is 319 g/mol. The molecule has 1 aliphatic carbocycles. The molecule has 8 nitrogen and oxygen atoms in total. The fraction of sp³-hybridized carbons (Fsp3) is 0.533. The first kappa shape index (κ1) is 17.0. The molecule has 0 amide bonds. The first-order valence-corrected chi connectivity index (χ1v) is 7.79. The van der Waals surface area contributed by atoms with Crippen LogP contribution in [0.1, 0.15) is 45.1 Å². The van der Waals surface area contributed by atoms with Crippen LogP contribution in [-0.4, -0.2) is 36.4 Å². The van der Waals surface area contributed by atoms with Gasteiger partial charge in [0.25, 0.3) is 0 Å². The third-order valence-corrected chi connectivity index (χ3v) is 3.64. The Balaban J connectivity index is 0.000000595. The van der Waals surface area contributed by atoms with Gasteiger partial charge in [-0.1, -0.05) is 19.3 Å². The summed E-state index contributed by atoms with van der Waals surface area (Å²) in [6.07, 6.45) is 10.2. The second-order valence-electron chi connectivity index (χ2n) is 5.28. The van der Waals surface area contributed by atoms with E-state index in [1.807, 2.05) is 0 Å². The first-order valence-electron chi connectivity index (χ1n) is 7.79. The summed E-state index contributed by atoms with van der Waals surface area (Å²) in [5, 5.41) is 23.1. The highest BCUT2D eigenvalue weighted by molar-refractivity contribution is 5.62. The lowest BCUT2D eigenvalue weighted by atomic mass is 9.96. The molecule has 0 bridgehead atoms. The van der Waals surface area contributed by atoms with Crippen LogP contribution >= 0.6 is 0 Å². The number of aliphatic hydroxyl groups is 1. The van der Waals surface area contributed by atoms with Crippen LogP contribution < -0.4 is 0 Å². The van der Waals surface area contributed by atoms with Gasteiger partial charge in [-0.25, -0.2) is 9.97 Å².